The van der Waals surface area contributed by atoms with Crippen LogP contribution < -0.4 is 16.4 Å². The van der Waals surface area contributed by atoms with Crippen molar-refractivity contribution in [2.24, 2.45) is 17.1 Å². The Morgan fingerprint density at radius 2 is 1.80 bits per heavy atom. The molecule has 0 saturated carbocycles. The van der Waals surface area contributed by atoms with Gasteiger partial charge in [-0.05, 0) is 17.8 Å². The molecule has 0 saturated heterocycles. The van der Waals surface area contributed by atoms with E-state index in [1.165, 1.54) is 0 Å². The summed E-state index contributed by atoms with van der Waals surface area (Å²) in [6, 6.07) is -0.755. The van der Waals surface area contributed by atoms with E-state index in [2.05, 4.69) is 10.6 Å². The molecule has 0 aromatic rings. The van der Waals surface area contributed by atoms with E-state index in [9.17, 15) is 9.59 Å². The van der Waals surface area contributed by atoms with Crippen LogP contribution in [0.3, 0.4) is 0 Å². The fraction of sp³-hybridized carbons (Fsp3) is 0.857. The maximum atomic E-state index is 11.8. The van der Waals surface area contributed by atoms with Gasteiger partial charge >= 0.3 is 0 Å². The minimum Gasteiger partial charge on any atom is -0.396 e. The summed E-state index contributed by atoms with van der Waals surface area (Å²) in [5.74, 6) is -0.581. The Labute approximate surface area is 121 Å². The molecule has 0 heterocycles. The van der Waals surface area contributed by atoms with Gasteiger partial charge < -0.3 is 21.5 Å². The van der Waals surface area contributed by atoms with Gasteiger partial charge in [-0.15, -0.1) is 0 Å². The highest BCUT2D eigenvalue weighted by atomic mass is 16.3. The van der Waals surface area contributed by atoms with Crippen molar-refractivity contribution in [2.45, 2.75) is 53.1 Å². The number of aliphatic hydroxyl groups is 1. The standard InChI is InChI=1S/C14H29N3O3/c1-9(2)12(15)13(20)16-8-11(19)17-10(6-7-18)14(3,4)5/h9-10,12,18H,6-8,15H2,1-5H3,(H,16,20)(H,17,19)/t10?,12-/m0/s1. The van der Waals surface area contributed by atoms with Crippen LogP contribution in [0.5, 0.6) is 0 Å². The number of hydrogen-bond acceptors (Lipinski definition) is 4. The Morgan fingerprint density at radius 1 is 1.25 bits per heavy atom. The minimum absolute atomic E-state index is 0.00675. The molecule has 1 unspecified atom stereocenters. The summed E-state index contributed by atoms with van der Waals surface area (Å²) in [6.07, 6.45) is 0.481. The summed E-state index contributed by atoms with van der Waals surface area (Å²) in [5.41, 5.74) is 5.53. The van der Waals surface area contributed by atoms with Gasteiger partial charge in [0, 0.05) is 12.6 Å². The van der Waals surface area contributed by atoms with Crippen LogP contribution in [0.2, 0.25) is 0 Å². The van der Waals surface area contributed by atoms with E-state index in [0.717, 1.165) is 0 Å². The first kappa shape index (κ1) is 18.9. The van der Waals surface area contributed by atoms with Gasteiger partial charge in [-0.1, -0.05) is 34.6 Å². The Balaban J connectivity index is 4.31. The Bertz CT molecular complexity index is 324. The SMILES string of the molecule is CC(C)[C@H](N)C(=O)NCC(=O)NC(CCO)C(C)(C)C. The molecule has 0 aromatic carbocycles. The van der Waals surface area contributed by atoms with Crippen LogP contribution in [-0.4, -0.2) is 42.2 Å². The summed E-state index contributed by atoms with van der Waals surface area (Å²) in [4.78, 5) is 23.5. The lowest BCUT2D eigenvalue weighted by Crippen LogP contribution is -2.50. The average Bonchev–Trinajstić information content (AvgIpc) is 2.33. The largest absolute Gasteiger partial charge is 0.396 e. The number of hydrogen-bond donors (Lipinski definition) is 4. The lowest BCUT2D eigenvalue weighted by molar-refractivity contribution is -0.128. The summed E-state index contributed by atoms with van der Waals surface area (Å²) in [6.45, 7) is 9.56. The van der Waals surface area contributed by atoms with E-state index < -0.39 is 6.04 Å². The zero-order valence-electron chi connectivity index (χ0n) is 13.2. The fourth-order valence-corrected chi connectivity index (χ4v) is 1.68. The van der Waals surface area contributed by atoms with E-state index in [0.29, 0.717) is 6.42 Å². The van der Waals surface area contributed by atoms with E-state index in [1.807, 2.05) is 34.6 Å². The van der Waals surface area contributed by atoms with Crippen LogP contribution in [0.25, 0.3) is 0 Å². The van der Waals surface area contributed by atoms with Crippen molar-refractivity contribution in [1.82, 2.24) is 10.6 Å². The van der Waals surface area contributed by atoms with Gasteiger partial charge in [0.2, 0.25) is 11.8 Å². The van der Waals surface area contributed by atoms with Crippen molar-refractivity contribution in [3.05, 3.63) is 0 Å². The average molecular weight is 287 g/mol. The van der Waals surface area contributed by atoms with Gasteiger partial charge in [0.05, 0.1) is 12.6 Å². The molecule has 5 N–H and O–H groups in total. The predicted molar refractivity (Wildman–Crippen MR) is 78.9 cm³/mol. The summed E-state index contributed by atoms with van der Waals surface area (Å²) < 4.78 is 0. The second-order valence-electron chi connectivity index (χ2n) is 6.49. The van der Waals surface area contributed by atoms with Gasteiger partial charge in [0.1, 0.15) is 0 Å². The quantitative estimate of drug-likeness (QED) is 0.529. The summed E-state index contributed by atoms with van der Waals surface area (Å²) in [5, 5.41) is 14.4. The first-order chi connectivity index (χ1) is 9.09. The molecular weight excluding hydrogens is 258 g/mol. The molecular formula is C14H29N3O3. The first-order valence-corrected chi connectivity index (χ1v) is 7.03. The van der Waals surface area contributed by atoms with E-state index in [1.54, 1.807) is 0 Å². The molecule has 0 radical (unpaired) electrons. The summed E-state index contributed by atoms with van der Waals surface area (Å²) in [7, 11) is 0. The molecule has 0 aliphatic carbocycles. The van der Waals surface area contributed by atoms with Gasteiger partial charge in [-0.2, -0.15) is 0 Å². The third kappa shape index (κ3) is 6.86. The van der Waals surface area contributed by atoms with E-state index >= 15 is 0 Å². The molecule has 20 heavy (non-hydrogen) atoms. The second-order valence-corrected chi connectivity index (χ2v) is 6.49. The zero-order chi connectivity index (χ0) is 15.9. The van der Waals surface area contributed by atoms with Crippen LogP contribution in [0.15, 0.2) is 0 Å². The Hall–Kier alpha value is -1.14. The first-order valence-electron chi connectivity index (χ1n) is 7.03. The van der Waals surface area contributed by atoms with Gasteiger partial charge in [-0.25, -0.2) is 0 Å². The summed E-state index contributed by atoms with van der Waals surface area (Å²) >= 11 is 0. The monoisotopic (exact) mass is 287 g/mol. The van der Waals surface area contributed by atoms with Crippen molar-refractivity contribution < 1.29 is 14.7 Å². The number of carbonyl (C=O) groups is 2. The predicted octanol–water partition coefficient (Wildman–Crippen LogP) is -0.000800. The number of carbonyl (C=O) groups excluding carboxylic acids is 2. The van der Waals surface area contributed by atoms with Crippen molar-refractivity contribution in [2.75, 3.05) is 13.2 Å². The van der Waals surface area contributed by atoms with Crippen LogP contribution in [0, 0.1) is 11.3 Å². The molecule has 0 fully saturated rings. The number of nitrogens with one attached hydrogen (secondary N) is 2. The third-order valence-electron chi connectivity index (χ3n) is 3.24. The number of aliphatic hydroxyl groups excluding tert-OH is 1. The highest BCUT2D eigenvalue weighted by molar-refractivity contribution is 5.87. The van der Waals surface area contributed by atoms with Crippen molar-refractivity contribution in [3.63, 3.8) is 0 Å². The fourth-order valence-electron chi connectivity index (χ4n) is 1.68. The third-order valence-corrected chi connectivity index (χ3v) is 3.24. The molecule has 0 aliphatic rings. The number of amides is 2. The molecule has 0 spiro atoms. The number of rotatable bonds is 7. The smallest absolute Gasteiger partial charge is 0.239 e. The molecule has 0 rings (SSSR count). The maximum Gasteiger partial charge on any atom is 0.239 e. The topological polar surface area (TPSA) is 104 Å². The van der Waals surface area contributed by atoms with Crippen LogP contribution in [-0.2, 0) is 9.59 Å². The highest BCUT2D eigenvalue weighted by Crippen LogP contribution is 2.21. The highest BCUT2D eigenvalue weighted by Gasteiger charge is 2.26. The van der Waals surface area contributed by atoms with Gasteiger partial charge in [0.15, 0.2) is 0 Å². The second kappa shape index (κ2) is 8.21. The lowest BCUT2D eigenvalue weighted by atomic mass is 9.85. The lowest BCUT2D eigenvalue weighted by Gasteiger charge is -2.31. The molecule has 118 valence electrons. The zero-order valence-corrected chi connectivity index (χ0v) is 13.2. The molecule has 2 amide bonds. The van der Waals surface area contributed by atoms with E-state index in [-0.39, 0.29) is 42.3 Å². The van der Waals surface area contributed by atoms with Crippen molar-refractivity contribution in [1.29, 1.82) is 0 Å². The van der Waals surface area contributed by atoms with Gasteiger partial charge in [-0.3, -0.25) is 9.59 Å². The van der Waals surface area contributed by atoms with E-state index in [4.69, 9.17) is 10.8 Å². The van der Waals surface area contributed by atoms with Crippen LogP contribution >= 0.6 is 0 Å². The van der Waals surface area contributed by atoms with Crippen molar-refractivity contribution >= 4 is 11.8 Å². The minimum atomic E-state index is -0.612. The maximum absolute atomic E-state index is 11.8. The molecule has 0 bridgehead atoms. The van der Waals surface area contributed by atoms with Crippen LogP contribution in [0.1, 0.15) is 41.0 Å². The molecule has 6 heteroatoms. The molecule has 0 aromatic heterocycles. The normalized spacial score (nSPS) is 14.8. The molecule has 2 atom stereocenters. The van der Waals surface area contributed by atoms with Gasteiger partial charge in [0.25, 0.3) is 0 Å². The Morgan fingerprint density at radius 3 is 2.20 bits per heavy atom. The van der Waals surface area contributed by atoms with Crippen molar-refractivity contribution in [3.8, 4) is 0 Å². The molecule has 0 aliphatic heterocycles. The molecule has 6 nitrogen and oxygen atoms in total. The Kier molecular flexibility index (Phi) is 7.75. The van der Waals surface area contributed by atoms with Crippen LogP contribution in [0.4, 0.5) is 0 Å². The number of nitrogens with two attached hydrogens (primary N) is 1.